The molecule has 1 fully saturated rings. The highest BCUT2D eigenvalue weighted by Gasteiger charge is 2.14. The molecule has 0 bridgehead atoms. The Labute approximate surface area is 113 Å². The zero-order valence-corrected chi connectivity index (χ0v) is 11.0. The van der Waals surface area contributed by atoms with Crippen molar-refractivity contribution in [2.75, 3.05) is 44.8 Å². The summed E-state index contributed by atoms with van der Waals surface area (Å²) >= 11 is 0. The summed E-state index contributed by atoms with van der Waals surface area (Å²) in [6.45, 7) is 4.87. The second-order valence-corrected chi connectivity index (χ2v) is 4.77. The van der Waals surface area contributed by atoms with E-state index in [1.807, 2.05) is 18.2 Å². The minimum Gasteiger partial charge on any atom is -0.486 e. The molecule has 2 N–H and O–H groups in total. The van der Waals surface area contributed by atoms with Crippen molar-refractivity contribution in [2.45, 2.75) is 12.5 Å². The number of hydrogen-bond donors (Lipinski definition) is 2. The van der Waals surface area contributed by atoms with Crippen LogP contribution in [0.4, 0.5) is 5.69 Å². The third-order valence-corrected chi connectivity index (χ3v) is 3.34. The lowest BCUT2D eigenvalue weighted by molar-refractivity contribution is 0.0258. The van der Waals surface area contributed by atoms with Gasteiger partial charge in [-0.25, -0.2) is 0 Å². The first-order chi connectivity index (χ1) is 9.42. The fraction of sp³-hybridized carbons (Fsp3) is 0.571. The van der Waals surface area contributed by atoms with Crippen LogP contribution >= 0.6 is 0 Å². The Morgan fingerprint density at radius 1 is 1.16 bits per heavy atom. The van der Waals surface area contributed by atoms with Gasteiger partial charge in [0.2, 0.25) is 0 Å². The fourth-order valence-corrected chi connectivity index (χ4v) is 2.34. The summed E-state index contributed by atoms with van der Waals surface area (Å²) in [5.41, 5.74) is 1.06. The SMILES string of the molecule is c1cc2c(cc1NCCC1CNCCO1)OCCO2. The molecule has 0 radical (unpaired) electrons. The van der Waals surface area contributed by atoms with Crippen LogP contribution in [0.1, 0.15) is 6.42 Å². The van der Waals surface area contributed by atoms with Gasteiger partial charge in [-0.1, -0.05) is 0 Å². The van der Waals surface area contributed by atoms with Crippen molar-refractivity contribution in [2.24, 2.45) is 0 Å². The Bertz CT molecular complexity index is 419. The summed E-state index contributed by atoms with van der Waals surface area (Å²) < 4.78 is 16.7. The van der Waals surface area contributed by atoms with Crippen LogP contribution in [0, 0.1) is 0 Å². The Hall–Kier alpha value is -1.46. The van der Waals surface area contributed by atoms with E-state index in [0.717, 1.165) is 49.8 Å². The van der Waals surface area contributed by atoms with E-state index in [4.69, 9.17) is 14.2 Å². The number of anilines is 1. The highest BCUT2D eigenvalue weighted by Crippen LogP contribution is 2.32. The van der Waals surface area contributed by atoms with Gasteiger partial charge < -0.3 is 24.8 Å². The zero-order valence-electron chi connectivity index (χ0n) is 11.0. The molecule has 1 atom stereocenters. The molecule has 0 spiro atoms. The molecule has 104 valence electrons. The molecule has 2 heterocycles. The van der Waals surface area contributed by atoms with Gasteiger partial charge in [0, 0.05) is 31.4 Å². The predicted molar refractivity (Wildman–Crippen MR) is 73.1 cm³/mol. The second-order valence-electron chi connectivity index (χ2n) is 4.77. The number of benzene rings is 1. The summed E-state index contributed by atoms with van der Waals surface area (Å²) in [7, 11) is 0. The Morgan fingerprint density at radius 3 is 2.89 bits per heavy atom. The first kappa shape index (κ1) is 12.6. The summed E-state index contributed by atoms with van der Waals surface area (Å²) in [6, 6.07) is 5.97. The van der Waals surface area contributed by atoms with E-state index in [1.165, 1.54) is 0 Å². The molecule has 0 aromatic heterocycles. The number of nitrogens with one attached hydrogen (secondary N) is 2. The van der Waals surface area contributed by atoms with Gasteiger partial charge >= 0.3 is 0 Å². The smallest absolute Gasteiger partial charge is 0.163 e. The largest absolute Gasteiger partial charge is 0.486 e. The molecule has 1 saturated heterocycles. The van der Waals surface area contributed by atoms with E-state index in [-0.39, 0.29) is 0 Å². The van der Waals surface area contributed by atoms with Crippen LogP contribution in [0.2, 0.25) is 0 Å². The van der Waals surface area contributed by atoms with E-state index in [1.54, 1.807) is 0 Å². The lowest BCUT2D eigenvalue weighted by Gasteiger charge is -2.24. The summed E-state index contributed by atoms with van der Waals surface area (Å²) in [5.74, 6) is 1.66. The van der Waals surface area contributed by atoms with Gasteiger partial charge in [0.25, 0.3) is 0 Å². The van der Waals surface area contributed by atoms with Crippen LogP contribution in [0.5, 0.6) is 11.5 Å². The molecule has 1 aromatic carbocycles. The second kappa shape index (κ2) is 6.12. The number of morpholine rings is 1. The van der Waals surface area contributed by atoms with Crippen LogP contribution < -0.4 is 20.1 Å². The van der Waals surface area contributed by atoms with E-state index >= 15 is 0 Å². The van der Waals surface area contributed by atoms with Crippen LogP contribution in [0.3, 0.4) is 0 Å². The number of fused-ring (bicyclic) bond motifs is 1. The molecule has 2 aliphatic heterocycles. The monoisotopic (exact) mass is 264 g/mol. The van der Waals surface area contributed by atoms with Gasteiger partial charge in [0.1, 0.15) is 13.2 Å². The van der Waals surface area contributed by atoms with Gasteiger partial charge in [-0.05, 0) is 18.6 Å². The van der Waals surface area contributed by atoms with Crippen LogP contribution in [-0.2, 0) is 4.74 Å². The van der Waals surface area contributed by atoms with Crippen molar-refractivity contribution in [1.29, 1.82) is 0 Å². The van der Waals surface area contributed by atoms with Gasteiger partial charge in [0.05, 0.1) is 12.7 Å². The fourth-order valence-electron chi connectivity index (χ4n) is 2.34. The van der Waals surface area contributed by atoms with Crippen molar-refractivity contribution < 1.29 is 14.2 Å². The highest BCUT2D eigenvalue weighted by molar-refractivity contribution is 5.55. The Balaban J connectivity index is 1.49. The van der Waals surface area contributed by atoms with Crippen LogP contribution in [-0.4, -0.2) is 45.6 Å². The molecule has 0 aliphatic carbocycles. The third kappa shape index (κ3) is 3.30. The molecule has 2 aliphatic rings. The maximum Gasteiger partial charge on any atom is 0.163 e. The molecular weight excluding hydrogens is 244 g/mol. The molecular formula is C14H20N2O3. The molecule has 5 heteroatoms. The van der Waals surface area contributed by atoms with E-state index in [2.05, 4.69) is 10.6 Å². The molecule has 1 unspecified atom stereocenters. The topological polar surface area (TPSA) is 51.8 Å². The number of rotatable bonds is 4. The average Bonchev–Trinajstić information content (AvgIpc) is 2.48. The highest BCUT2D eigenvalue weighted by atomic mass is 16.6. The van der Waals surface area contributed by atoms with Gasteiger partial charge in [-0.3, -0.25) is 0 Å². The minimum atomic E-state index is 0.318. The van der Waals surface area contributed by atoms with E-state index in [9.17, 15) is 0 Å². The molecule has 0 saturated carbocycles. The number of ether oxygens (including phenoxy) is 3. The Kier molecular flexibility index (Phi) is 4.05. The van der Waals surface area contributed by atoms with Gasteiger partial charge in [-0.2, -0.15) is 0 Å². The maximum absolute atomic E-state index is 5.66. The lowest BCUT2D eigenvalue weighted by Crippen LogP contribution is -2.39. The summed E-state index contributed by atoms with van der Waals surface area (Å²) in [5, 5.41) is 6.73. The van der Waals surface area contributed by atoms with E-state index in [0.29, 0.717) is 19.3 Å². The van der Waals surface area contributed by atoms with Crippen molar-refractivity contribution in [3.63, 3.8) is 0 Å². The molecule has 3 rings (SSSR count). The summed E-state index contributed by atoms with van der Waals surface area (Å²) in [4.78, 5) is 0. The average molecular weight is 264 g/mol. The molecule has 1 aromatic rings. The van der Waals surface area contributed by atoms with E-state index < -0.39 is 0 Å². The number of hydrogen-bond acceptors (Lipinski definition) is 5. The first-order valence-corrected chi connectivity index (χ1v) is 6.88. The quantitative estimate of drug-likeness (QED) is 0.857. The predicted octanol–water partition coefficient (Wildman–Crippen LogP) is 1.25. The van der Waals surface area contributed by atoms with Crippen LogP contribution in [0.15, 0.2) is 18.2 Å². The minimum absolute atomic E-state index is 0.318. The summed E-state index contributed by atoms with van der Waals surface area (Å²) in [6.07, 6.45) is 1.32. The van der Waals surface area contributed by atoms with Crippen molar-refractivity contribution in [3.05, 3.63) is 18.2 Å². The Morgan fingerprint density at radius 2 is 2.05 bits per heavy atom. The molecule has 19 heavy (non-hydrogen) atoms. The molecule has 5 nitrogen and oxygen atoms in total. The first-order valence-electron chi connectivity index (χ1n) is 6.88. The van der Waals surface area contributed by atoms with Crippen molar-refractivity contribution >= 4 is 5.69 Å². The lowest BCUT2D eigenvalue weighted by atomic mass is 10.2. The maximum atomic E-state index is 5.66. The van der Waals surface area contributed by atoms with Gasteiger partial charge in [-0.15, -0.1) is 0 Å². The molecule has 0 amide bonds. The van der Waals surface area contributed by atoms with Crippen molar-refractivity contribution in [3.8, 4) is 11.5 Å². The normalized spacial score (nSPS) is 22.0. The van der Waals surface area contributed by atoms with Gasteiger partial charge in [0.15, 0.2) is 11.5 Å². The zero-order chi connectivity index (χ0) is 12.9. The van der Waals surface area contributed by atoms with Crippen molar-refractivity contribution in [1.82, 2.24) is 5.32 Å². The standard InChI is InChI=1S/C14H20N2O3/c1-2-13-14(19-8-7-18-13)9-11(1)16-4-3-12-10-15-5-6-17-12/h1-2,9,12,15-16H,3-8,10H2. The van der Waals surface area contributed by atoms with Crippen LogP contribution in [0.25, 0.3) is 0 Å². The third-order valence-electron chi connectivity index (χ3n) is 3.34.